The van der Waals surface area contributed by atoms with Crippen LogP contribution in [0.15, 0.2) is 36.7 Å². The monoisotopic (exact) mass is 235 g/mol. The second-order valence-electron chi connectivity index (χ2n) is 3.83. The molecule has 0 radical (unpaired) electrons. The first-order valence-corrected chi connectivity index (χ1v) is 5.13. The molecule has 0 amide bonds. The molecule has 2 aromatic rings. The average molecular weight is 235 g/mol. The first-order chi connectivity index (χ1) is 8.09. The fourth-order valence-electron chi connectivity index (χ4n) is 1.67. The van der Waals surface area contributed by atoms with Crippen LogP contribution in [0.1, 0.15) is 22.8 Å². The molecular formula is C13H11F2NO. The Morgan fingerprint density at radius 2 is 1.82 bits per heavy atom. The van der Waals surface area contributed by atoms with E-state index in [-0.39, 0.29) is 5.56 Å². The zero-order valence-electron chi connectivity index (χ0n) is 9.19. The predicted molar refractivity (Wildman–Crippen MR) is 59.4 cm³/mol. The topological polar surface area (TPSA) is 33.1 Å². The third kappa shape index (κ3) is 2.31. The van der Waals surface area contributed by atoms with Crippen LogP contribution in [0.4, 0.5) is 8.78 Å². The normalized spacial score (nSPS) is 12.5. The molecule has 4 heteroatoms. The van der Waals surface area contributed by atoms with E-state index in [0.29, 0.717) is 5.56 Å². The van der Waals surface area contributed by atoms with Gasteiger partial charge in [0.15, 0.2) is 0 Å². The number of halogens is 2. The molecule has 0 aliphatic heterocycles. The Morgan fingerprint density at radius 3 is 2.41 bits per heavy atom. The van der Waals surface area contributed by atoms with E-state index in [1.807, 2.05) is 0 Å². The minimum Gasteiger partial charge on any atom is -0.383 e. The summed E-state index contributed by atoms with van der Waals surface area (Å²) in [5.41, 5.74) is 0.840. The van der Waals surface area contributed by atoms with Gasteiger partial charge < -0.3 is 5.11 Å². The van der Waals surface area contributed by atoms with Gasteiger partial charge in [0.05, 0.1) is 5.56 Å². The second-order valence-corrected chi connectivity index (χ2v) is 3.83. The summed E-state index contributed by atoms with van der Waals surface area (Å²) in [6.45, 7) is 1.79. The SMILES string of the molecule is Cc1cncc(C(O)c2c(F)cccc2F)c1. The van der Waals surface area contributed by atoms with Crippen LogP contribution in [-0.4, -0.2) is 10.1 Å². The summed E-state index contributed by atoms with van der Waals surface area (Å²) in [5.74, 6) is -1.53. The van der Waals surface area contributed by atoms with Crippen molar-refractivity contribution in [3.8, 4) is 0 Å². The lowest BCUT2D eigenvalue weighted by Crippen LogP contribution is -2.06. The van der Waals surface area contributed by atoms with E-state index in [1.54, 1.807) is 19.2 Å². The van der Waals surface area contributed by atoms with E-state index in [1.165, 1.54) is 12.3 Å². The van der Waals surface area contributed by atoms with Gasteiger partial charge in [0.1, 0.15) is 17.7 Å². The maximum atomic E-state index is 13.5. The third-order valence-electron chi connectivity index (χ3n) is 2.48. The fourth-order valence-corrected chi connectivity index (χ4v) is 1.67. The Hall–Kier alpha value is -1.81. The summed E-state index contributed by atoms with van der Waals surface area (Å²) in [6.07, 6.45) is 1.65. The number of hydrogen-bond acceptors (Lipinski definition) is 2. The van der Waals surface area contributed by atoms with Crippen molar-refractivity contribution in [1.82, 2.24) is 4.98 Å². The molecule has 0 saturated heterocycles. The van der Waals surface area contributed by atoms with Gasteiger partial charge >= 0.3 is 0 Å². The van der Waals surface area contributed by atoms with Crippen LogP contribution in [-0.2, 0) is 0 Å². The van der Waals surface area contributed by atoms with Gasteiger partial charge in [0.2, 0.25) is 0 Å². The quantitative estimate of drug-likeness (QED) is 0.868. The number of aliphatic hydroxyl groups excluding tert-OH is 1. The van der Waals surface area contributed by atoms with Crippen LogP contribution < -0.4 is 0 Å². The highest BCUT2D eigenvalue weighted by atomic mass is 19.1. The lowest BCUT2D eigenvalue weighted by atomic mass is 10.0. The van der Waals surface area contributed by atoms with Crippen LogP contribution in [0.2, 0.25) is 0 Å². The molecule has 88 valence electrons. The van der Waals surface area contributed by atoms with Crippen LogP contribution in [0.25, 0.3) is 0 Å². The molecular weight excluding hydrogens is 224 g/mol. The van der Waals surface area contributed by atoms with E-state index >= 15 is 0 Å². The number of pyridine rings is 1. The van der Waals surface area contributed by atoms with Crippen molar-refractivity contribution in [1.29, 1.82) is 0 Å². The Bertz CT molecular complexity index is 522. The molecule has 1 aromatic heterocycles. The summed E-state index contributed by atoms with van der Waals surface area (Å²) in [7, 11) is 0. The lowest BCUT2D eigenvalue weighted by Gasteiger charge is -2.13. The van der Waals surface area contributed by atoms with E-state index in [2.05, 4.69) is 4.98 Å². The summed E-state index contributed by atoms with van der Waals surface area (Å²) in [5, 5.41) is 9.96. The van der Waals surface area contributed by atoms with Crippen molar-refractivity contribution in [3.63, 3.8) is 0 Å². The molecule has 0 saturated carbocycles. The van der Waals surface area contributed by atoms with Gasteiger partial charge in [-0.05, 0) is 24.6 Å². The number of hydrogen-bond donors (Lipinski definition) is 1. The first-order valence-electron chi connectivity index (χ1n) is 5.13. The van der Waals surface area contributed by atoms with E-state index < -0.39 is 17.7 Å². The number of nitrogens with zero attached hydrogens (tertiary/aromatic N) is 1. The van der Waals surface area contributed by atoms with Crippen molar-refractivity contribution < 1.29 is 13.9 Å². The molecule has 1 N–H and O–H groups in total. The molecule has 17 heavy (non-hydrogen) atoms. The van der Waals surface area contributed by atoms with Gasteiger partial charge in [-0.2, -0.15) is 0 Å². The van der Waals surface area contributed by atoms with Gasteiger partial charge in [-0.1, -0.05) is 12.1 Å². The molecule has 1 atom stereocenters. The van der Waals surface area contributed by atoms with Crippen LogP contribution in [0, 0.1) is 18.6 Å². The molecule has 2 rings (SSSR count). The average Bonchev–Trinajstić information content (AvgIpc) is 2.28. The third-order valence-corrected chi connectivity index (χ3v) is 2.48. The predicted octanol–water partition coefficient (Wildman–Crippen LogP) is 2.75. The highest BCUT2D eigenvalue weighted by Crippen LogP contribution is 2.26. The largest absolute Gasteiger partial charge is 0.383 e. The number of aliphatic hydroxyl groups is 1. The second kappa shape index (κ2) is 4.59. The Labute approximate surface area is 97.6 Å². The number of rotatable bonds is 2. The minimum atomic E-state index is -1.34. The standard InChI is InChI=1S/C13H11F2NO/c1-8-5-9(7-16-6-8)13(17)12-10(14)3-2-4-11(12)15/h2-7,13,17H,1H3. The maximum Gasteiger partial charge on any atom is 0.132 e. The molecule has 2 nitrogen and oxygen atoms in total. The van der Waals surface area contributed by atoms with Gasteiger partial charge in [-0.15, -0.1) is 0 Å². The maximum absolute atomic E-state index is 13.5. The van der Waals surface area contributed by atoms with Crippen molar-refractivity contribution in [2.75, 3.05) is 0 Å². The van der Waals surface area contributed by atoms with Gasteiger partial charge in [-0.3, -0.25) is 4.98 Å². The van der Waals surface area contributed by atoms with Crippen molar-refractivity contribution in [2.24, 2.45) is 0 Å². The highest BCUT2D eigenvalue weighted by molar-refractivity contribution is 5.31. The molecule has 0 fully saturated rings. The number of aryl methyl sites for hydroxylation is 1. The Kier molecular flexibility index (Phi) is 3.15. The highest BCUT2D eigenvalue weighted by Gasteiger charge is 2.19. The Morgan fingerprint density at radius 1 is 1.18 bits per heavy atom. The smallest absolute Gasteiger partial charge is 0.132 e. The first kappa shape index (κ1) is 11.7. The minimum absolute atomic E-state index is 0.347. The zero-order valence-corrected chi connectivity index (χ0v) is 9.19. The van der Waals surface area contributed by atoms with E-state index in [0.717, 1.165) is 17.7 Å². The van der Waals surface area contributed by atoms with Crippen LogP contribution in [0.5, 0.6) is 0 Å². The molecule has 0 spiro atoms. The molecule has 1 heterocycles. The van der Waals surface area contributed by atoms with Crippen molar-refractivity contribution in [3.05, 3.63) is 65.0 Å². The summed E-state index contributed by atoms with van der Waals surface area (Å²) >= 11 is 0. The molecule has 0 aliphatic carbocycles. The fraction of sp³-hybridized carbons (Fsp3) is 0.154. The molecule has 0 aliphatic rings. The van der Waals surface area contributed by atoms with E-state index in [4.69, 9.17) is 0 Å². The zero-order chi connectivity index (χ0) is 12.4. The summed E-state index contributed by atoms with van der Waals surface area (Å²) in [4.78, 5) is 3.89. The van der Waals surface area contributed by atoms with Crippen LogP contribution >= 0.6 is 0 Å². The summed E-state index contributed by atoms with van der Waals surface area (Å²) in [6, 6.07) is 5.13. The van der Waals surface area contributed by atoms with Crippen molar-refractivity contribution in [2.45, 2.75) is 13.0 Å². The molecule has 1 aromatic carbocycles. The van der Waals surface area contributed by atoms with Crippen molar-refractivity contribution >= 4 is 0 Å². The lowest BCUT2D eigenvalue weighted by molar-refractivity contribution is 0.208. The van der Waals surface area contributed by atoms with Crippen LogP contribution in [0.3, 0.4) is 0 Å². The van der Waals surface area contributed by atoms with Gasteiger partial charge in [-0.25, -0.2) is 8.78 Å². The van der Waals surface area contributed by atoms with Gasteiger partial charge in [0.25, 0.3) is 0 Å². The Balaban J connectivity index is 2.47. The number of benzene rings is 1. The molecule has 0 bridgehead atoms. The van der Waals surface area contributed by atoms with E-state index in [9.17, 15) is 13.9 Å². The van der Waals surface area contributed by atoms with Gasteiger partial charge in [0, 0.05) is 18.0 Å². The summed E-state index contributed by atoms with van der Waals surface area (Å²) < 4.78 is 26.9. The number of aromatic nitrogens is 1. The molecule has 1 unspecified atom stereocenters.